The van der Waals surface area contributed by atoms with Crippen LogP contribution in [-0.4, -0.2) is 64.5 Å². The molecular weight excluding hydrogens is 587 g/mol. The highest BCUT2D eigenvalue weighted by molar-refractivity contribution is 6.72. The molecule has 3 aliphatic heterocycles. The summed E-state index contributed by atoms with van der Waals surface area (Å²) in [5.41, 5.74) is 0.642. The van der Waals surface area contributed by atoms with Crippen molar-refractivity contribution in [2.24, 2.45) is 5.92 Å². The number of benzene rings is 2. The maximum atomic E-state index is 16.1. The molecule has 0 saturated carbocycles. The van der Waals surface area contributed by atoms with E-state index in [1.165, 1.54) is 12.1 Å². The van der Waals surface area contributed by atoms with E-state index >= 15 is 4.11 Å². The number of aliphatic hydroxyl groups is 1. The molecule has 2 saturated heterocycles. The maximum Gasteiger partial charge on any atom is 0.269 e. The molecule has 12 nitrogen and oxygen atoms in total. The van der Waals surface area contributed by atoms with Gasteiger partial charge >= 0.3 is 0 Å². The minimum absolute atomic E-state index is 0.0368. The highest BCUT2D eigenvalue weighted by Gasteiger charge is 2.66. The minimum Gasteiger partial charge on any atom is -0.396 e. The fraction of sp³-hybridized carbons (Fsp3) is 0.467. The second kappa shape index (κ2) is 11.2. The maximum absolute atomic E-state index is 16.1. The van der Waals surface area contributed by atoms with Crippen LogP contribution in [-0.2, 0) is 39.4 Å². The first-order valence-electron chi connectivity index (χ1n) is 14.8. The molecular formula is C30H35FN6O6Si. The zero-order valence-electron chi connectivity index (χ0n) is 24.9. The van der Waals surface area contributed by atoms with Gasteiger partial charge in [0.1, 0.15) is 0 Å². The normalized spacial score (nSPS) is 24.7. The molecule has 0 unspecified atom stereocenters. The molecule has 14 heteroatoms. The lowest BCUT2D eigenvalue weighted by atomic mass is 9.82. The molecule has 1 spiro atoms. The number of hydrogen-bond donors (Lipinski definition) is 1. The monoisotopic (exact) mass is 622 g/mol. The summed E-state index contributed by atoms with van der Waals surface area (Å²) in [4.78, 5) is 41.2. The number of hydrogen-bond acceptors (Lipinski definition) is 8. The van der Waals surface area contributed by atoms with E-state index in [-0.39, 0.29) is 30.7 Å². The fourth-order valence-corrected chi connectivity index (χ4v) is 9.65. The third kappa shape index (κ3) is 5.00. The van der Waals surface area contributed by atoms with Crippen LogP contribution in [0.25, 0.3) is 0 Å². The van der Waals surface area contributed by atoms with E-state index in [1.807, 2.05) is 31.2 Å². The molecule has 0 bridgehead atoms. The van der Waals surface area contributed by atoms with Gasteiger partial charge in [-0.2, -0.15) is 0 Å². The van der Waals surface area contributed by atoms with Gasteiger partial charge in [-0.3, -0.25) is 24.4 Å². The molecule has 4 atom stereocenters. The Hall–Kier alpha value is -4.01. The van der Waals surface area contributed by atoms with Gasteiger partial charge in [0.25, 0.3) is 11.6 Å². The highest BCUT2D eigenvalue weighted by Crippen LogP contribution is 2.60. The topological polar surface area (TPSA) is 144 Å². The van der Waals surface area contributed by atoms with Crippen molar-refractivity contribution < 1.29 is 28.5 Å². The number of β-lactam (4-membered cyclic amide) rings is 1. The number of amides is 2. The van der Waals surface area contributed by atoms with Crippen LogP contribution in [0.4, 0.5) is 21.2 Å². The summed E-state index contributed by atoms with van der Waals surface area (Å²) in [6.07, 6.45) is 2.28. The van der Waals surface area contributed by atoms with Crippen molar-refractivity contribution in [3.8, 4) is 0 Å². The Morgan fingerprint density at radius 3 is 2.68 bits per heavy atom. The molecule has 6 rings (SSSR count). The SMILES string of the molecule is C[C@@H]1[C@@H]([Si](C)(C)F)[C@H](CCn2cc(CCO)nn2)O[C@@]12C(=O)N(Cc1cccc(N3CCC3=O)c1)c1ccc([N+](=O)[O-])cc12. The number of aliphatic hydroxyl groups excluding tert-OH is 1. The number of ether oxygens (including phenoxy) is 1. The van der Waals surface area contributed by atoms with Crippen LogP contribution in [0.15, 0.2) is 48.7 Å². The Labute approximate surface area is 254 Å². The van der Waals surface area contributed by atoms with Gasteiger partial charge in [-0.15, -0.1) is 5.10 Å². The average Bonchev–Trinajstić information content (AvgIpc) is 3.61. The first-order valence-corrected chi connectivity index (χ1v) is 17.8. The molecule has 44 heavy (non-hydrogen) atoms. The number of anilines is 2. The second-order valence-electron chi connectivity index (χ2n) is 12.3. The molecule has 2 amide bonds. The van der Waals surface area contributed by atoms with E-state index in [0.717, 1.165) is 11.3 Å². The molecule has 1 aromatic heterocycles. The summed E-state index contributed by atoms with van der Waals surface area (Å²) in [5, 5.41) is 29.2. The van der Waals surface area contributed by atoms with Crippen molar-refractivity contribution in [1.82, 2.24) is 15.0 Å². The number of nitro groups is 1. The standard InChI is InChI=1S/C30H35FN6O6Si/c1-19-28(44(2,3)31)26(9-12-34-18-21(11-14-38)32-33-34)43-30(19)24-16-23(37(41)42)7-8-25(24)36(29(30)40)17-20-5-4-6-22(15-20)35-13-10-27(35)39/h4-8,15-16,18-19,26,28,38H,9-14,17H2,1-3H3/t19-,26+,28-,30+/m1/s1. The third-order valence-electron chi connectivity index (χ3n) is 9.17. The van der Waals surface area contributed by atoms with Crippen LogP contribution in [0.2, 0.25) is 18.6 Å². The van der Waals surface area contributed by atoms with Gasteiger partial charge in [0.15, 0.2) is 5.60 Å². The Bertz CT molecular complexity index is 1630. The number of carbonyl (C=O) groups excluding carboxylic acids is 2. The van der Waals surface area contributed by atoms with Gasteiger partial charge in [0.2, 0.25) is 14.3 Å². The number of fused-ring (bicyclic) bond motifs is 2. The largest absolute Gasteiger partial charge is 0.396 e. The number of non-ortho nitro benzene ring substituents is 1. The summed E-state index contributed by atoms with van der Waals surface area (Å²) in [7, 11) is -3.44. The van der Waals surface area contributed by atoms with Crippen molar-refractivity contribution in [3.05, 3.63) is 75.6 Å². The van der Waals surface area contributed by atoms with Crippen LogP contribution in [0.5, 0.6) is 0 Å². The molecule has 232 valence electrons. The Balaban J connectivity index is 1.37. The number of carbonyl (C=O) groups is 2. The first kappa shape index (κ1) is 30.0. The number of aromatic nitrogens is 3. The van der Waals surface area contributed by atoms with Crippen LogP contribution in [0.1, 0.15) is 36.6 Å². The van der Waals surface area contributed by atoms with E-state index in [2.05, 4.69) is 10.3 Å². The van der Waals surface area contributed by atoms with Crippen LogP contribution < -0.4 is 9.80 Å². The van der Waals surface area contributed by atoms with Crippen LogP contribution >= 0.6 is 0 Å². The number of halogens is 1. The smallest absolute Gasteiger partial charge is 0.269 e. The van der Waals surface area contributed by atoms with Gasteiger partial charge < -0.3 is 23.8 Å². The van der Waals surface area contributed by atoms with E-state index in [9.17, 15) is 24.8 Å². The van der Waals surface area contributed by atoms with Gasteiger partial charge in [-0.25, -0.2) is 0 Å². The lowest BCUT2D eigenvalue weighted by Crippen LogP contribution is -2.45. The Morgan fingerprint density at radius 2 is 2.02 bits per heavy atom. The van der Waals surface area contributed by atoms with Crippen molar-refractivity contribution in [1.29, 1.82) is 0 Å². The number of aryl methyl sites for hydroxylation is 1. The molecule has 0 radical (unpaired) electrons. The van der Waals surface area contributed by atoms with Gasteiger partial charge in [0, 0.05) is 73.6 Å². The lowest BCUT2D eigenvalue weighted by Gasteiger charge is -2.32. The summed E-state index contributed by atoms with van der Waals surface area (Å²) in [5.74, 6) is -0.958. The van der Waals surface area contributed by atoms with E-state index in [0.29, 0.717) is 49.3 Å². The number of rotatable bonds is 10. The lowest BCUT2D eigenvalue weighted by molar-refractivity contribution is -0.385. The quantitative estimate of drug-likeness (QED) is 0.118. The zero-order chi connectivity index (χ0) is 31.4. The Kier molecular flexibility index (Phi) is 7.62. The molecule has 3 aliphatic rings. The van der Waals surface area contributed by atoms with E-state index in [1.54, 1.807) is 39.8 Å². The number of nitro benzene ring substituents is 1. The second-order valence-corrected chi connectivity index (χ2v) is 16.1. The fourth-order valence-electron chi connectivity index (χ4n) is 7.11. The zero-order valence-corrected chi connectivity index (χ0v) is 25.9. The van der Waals surface area contributed by atoms with Crippen molar-refractivity contribution >= 4 is 37.3 Å². The predicted molar refractivity (Wildman–Crippen MR) is 161 cm³/mol. The highest BCUT2D eigenvalue weighted by atomic mass is 28.4. The first-order chi connectivity index (χ1) is 20.9. The average molecular weight is 623 g/mol. The molecule has 3 aromatic rings. The van der Waals surface area contributed by atoms with Crippen LogP contribution in [0.3, 0.4) is 0 Å². The molecule has 2 fully saturated rings. The van der Waals surface area contributed by atoms with Crippen molar-refractivity contribution in [3.63, 3.8) is 0 Å². The summed E-state index contributed by atoms with van der Waals surface area (Å²) in [6.45, 7) is 6.10. The predicted octanol–water partition coefficient (Wildman–Crippen LogP) is 3.87. The van der Waals surface area contributed by atoms with Crippen molar-refractivity contribution in [2.45, 2.75) is 69.6 Å². The van der Waals surface area contributed by atoms with Crippen LogP contribution in [0, 0.1) is 16.0 Å². The Morgan fingerprint density at radius 1 is 1.23 bits per heavy atom. The molecule has 0 aliphatic carbocycles. The van der Waals surface area contributed by atoms with Gasteiger partial charge in [0.05, 0.1) is 29.0 Å². The molecule has 4 heterocycles. The molecule has 1 N–H and O–H groups in total. The van der Waals surface area contributed by atoms with E-state index in [4.69, 9.17) is 4.74 Å². The summed E-state index contributed by atoms with van der Waals surface area (Å²) in [6, 6.07) is 11.7. The summed E-state index contributed by atoms with van der Waals surface area (Å²) < 4.78 is 24.5. The summed E-state index contributed by atoms with van der Waals surface area (Å²) >= 11 is 0. The van der Waals surface area contributed by atoms with Crippen molar-refractivity contribution in [2.75, 3.05) is 23.0 Å². The van der Waals surface area contributed by atoms with Gasteiger partial charge in [-0.1, -0.05) is 24.3 Å². The number of nitrogens with zero attached hydrogens (tertiary/aromatic N) is 6. The van der Waals surface area contributed by atoms with Gasteiger partial charge in [-0.05, 0) is 43.3 Å². The minimum atomic E-state index is -3.44. The van der Waals surface area contributed by atoms with E-state index < -0.39 is 36.5 Å². The molecule has 2 aromatic carbocycles. The third-order valence-corrected chi connectivity index (χ3v) is 11.6.